The molecule has 0 saturated heterocycles. The summed E-state index contributed by atoms with van der Waals surface area (Å²) in [7, 11) is 0. The van der Waals surface area contributed by atoms with Crippen LogP contribution in [-0.4, -0.2) is 16.1 Å². The average molecular weight is 194 g/mol. The molecule has 1 rings (SSSR count). The molecule has 3 N–H and O–H groups in total. The molecule has 14 heavy (non-hydrogen) atoms. The lowest BCUT2D eigenvalue weighted by Gasteiger charge is -1.87. The van der Waals surface area contributed by atoms with Crippen molar-refractivity contribution in [2.45, 2.75) is 13.3 Å². The molecule has 0 amide bonds. The molecular formula is C10H14N2O2. The van der Waals surface area contributed by atoms with Crippen LogP contribution in [-0.2, 0) is 4.79 Å². The Morgan fingerprint density at radius 1 is 1.43 bits per heavy atom. The number of allylic oxidation sites excluding steroid dienone is 1. The predicted octanol–water partition coefficient (Wildman–Crippen LogP) is 1.41. The minimum atomic E-state index is -1.05. The van der Waals surface area contributed by atoms with Gasteiger partial charge < -0.3 is 10.8 Å². The zero-order chi connectivity index (χ0) is 10.8. The number of carbonyl (C=O) groups is 1. The van der Waals surface area contributed by atoms with Gasteiger partial charge in [0.05, 0.1) is 0 Å². The predicted molar refractivity (Wildman–Crippen MR) is 54.4 cm³/mol. The molecule has 0 bridgehead atoms. The number of nitrogens with zero attached hydrogens (tertiary/aromatic N) is 1. The van der Waals surface area contributed by atoms with Gasteiger partial charge in [-0.2, -0.15) is 0 Å². The highest BCUT2D eigenvalue weighted by molar-refractivity contribution is 5.85. The second kappa shape index (κ2) is 7.79. The first kappa shape index (κ1) is 12.2. The lowest BCUT2D eigenvalue weighted by Crippen LogP contribution is -2.09. The summed E-state index contributed by atoms with van der Waals surface area (Å²) >= 11 is 0. The summed E-state index contributed by atoms with van der Waals surface area (Å²) in [5.74, 6) is -1.05. The molecule has 0 saturated carbocycles. The van der Waals surface area contributed by atoms with Crippen LogP contribution in [0.1, 0.15) is 13.3 Å². The van der Waals surface area contributed by atoms with E-state index >= 15 is 0 Å². The number of rotatable bonds is 2. The summed E-state index contributed by atoms with van der Waals surface area (Å²) in [6, 6.07) is 5.72. The van der Waals surface area contributed by atoms with Gasteiger partial charge in [0.2, 0.25) is 0 Å². The SMILES string of the molecule is CCC=C(N)C(=O)O.c1ccncc1. The van der Waals surface area contributed by atoms with Crippen molar-refractivity contribution in [3.63, 3.8) is 0 Å². The average Bonchev–Trinajstić information content (AvgIpc) is 2.21. The molecule has 1 aromatic heterocycles. The van der Waals surface area contributed by atoms with E-state index < -0.39 is 5.97 Å². The van der Waals surface area contributed by atoms with Crippen molar-refractivity contribution in [3.8, 4) is 0 Å². The number of hydrogen-bond donors (Lipinski definition) is 2. The number of pyridine rings is 1. The topological polar surface area (TPSA) is 76.2 Å². The van der Waals surface area contributed by atoms with E-state index in [-0.39, 0.29) is 5.70 Å². The van der Waals surface area contributed by atoms with Crippen LogP contribution in [0.3, 0.4) is 0 Å². The third-order valence-electron chi connectivity index (χ3n) is 1.24. The van der Waals surface area contributed by atoms with E-state index in [9.17, 15) is 4.79 Å². The molecule has 0 aliphatic heterocycles. The molecular weight excluding hydrogens is 180 g/mol. The maximum Gasteiger partial charge on any atom is 0.351 e. The van der Waals surface area contributed by atoms with Crippen molar-refractivity contribution in [2.24, 2.45) is 5.73 Å². The van der Waals surface area contributed by atoms with Gasteiger partial charge in [-0.1, -0.05) is 19.1 Å². The first-order valence-electron chi connectivity index (χ1n) is 4.22. The van der Waals surface area contributed by atoms with Crippen LogP contribution in [0.4, 0.5) is 0 Å². The molecule has 0 aliphatic rings. The molecule has 0 spiro atoms. The Hall–Kier alpha value is -1.84. The van der Waals surface area contributed by atoms with Crippen molar-refractivity contribution in [2.75, 3.05) is 0 Å². The van der Waals surface area contributed by atoms with Gasteiger partial charge in [-0.15, -0.1) is 0 Å². The highest BCUT2D eigenvalue weighted by Crippen LogP contribution is 1.85. The summed E-state index contributed by atoms with van der Waals surface area (Å²) in [5, 5.41) is 8.12. The zero-order valence-corrected chi connectivity index (χ0v) is 8.05. The van der Waals surface area contributed by atoms with Gasteiger partial charge in [0.25, 0.3) is 0 Å². The molecule has 0 aromatic carbocycles. The van der Waals surface area contributed by atoms with Gasteiger partial charge in [0, 0.05) is 12.4 Å². The summed E-state index contributed by atoms with van der Waals surface area (Å²) in [4.78, 5) is 13.7. The minimum Gasteiger partial charge on any atom is -0.477 e. The van der Waals surface area contributed by atoms with E-state index in [1.54, 1.807) is 12.4 Å². The molecule has 0 radical (unpaired) electrons. The maximum absolute atomic E-state index is 9.90. The number of carboxylic acid groups (broad SMARTS) is 1. The molecule has 0 atom stereocenters. The Balaban J connectivity index is 0.000000249. The quantitative estimate of drug-likeness (QED) is 0.698. The van der Waals surface area contributed by atoms with Crippen LogP contribution < -0.4 is 5.73 Å². The van der Waals surface area contributed by atoms with Crippen LogP contribution in [0.15, 0.2) is 42.4 Å². The first-order valence-corrected chi connectivity index (χ1v) is 4.22. The van der Waals surface area contributed by atoms with E-state index in [1.165, 1.54) is 6.08 Å². The highest BCUT2D eigenvalue weighted by Gasteiger charge is 1.96. The normalized spacial score (nSPS) is 9.93. The van der Waals surface area contributed by atoms with Crippen LogP contribution >= 0.6 is 0 Å². The van der Waals surface area contributed by atoms with Gasteiger partial charge in [0.1, 0.15) is 5.70 Å². The van der Waals surface area contributed by atoms with E-state index in [4.69, 9.17) is 10.8 Å². The van der Waals surface area contributed by atoms with Crippen molar-refractivity contribution in [1.82, 2.24) is 4.98 Å². The van der Waals surface area contributed by atoms with Gasteiger partial charge in [-0.3, -0.25) is 4.98 Å². The summed E-state index contributed by atoms with van der Waals surface area (Å²) in [5.41, 5.74) is 4.91. The van der Waals surface area contributed by atoms with Crippen molar-refractivity contribution in [1.29, 1.82) is 0 Å². The van der Waals surface area contributed by atoms with E-state index in [0.29, 0.717) is 6.42 Å². The van der Waals surface area contributed by atoms with Crippen LogP contribution in [0, 0.1) is 0 Å². The van der Waals surface area contributed by atoms with Gasteiger partial charge >= 0.3 is 5.97 Å². The Labute approximate surface area is 83.1 Å². The summed E-state index contributed by atoms with van der Waals surface area (Å²) in [6.07, 6.45) is 5.63. The third-order valence-corrected chi connectivity index (χ3v) is 1.24. The lowest BCUT2D eigenvalue weighted by molar-refractivity contribution is -0.132. The second-order valence-corrected chi connectivity index (χ2v) is 2.40. The van der Waals surface area contributed by atoms with E-state index in [1.807, 2.05) is 25.1 Å². The fourth-order valence-corrected chi connectivity index (χ4v) is 0.620. The molecule has 4 nitrogen and oxygen atoms in total. The van der Waals surface area contributed by atoms with Crippen LogP contribution in [0.5, 0.6) is 0 Å². The third kappa shape index (κ3) is 6.84. The Bertz CT molecular complexity index is 257. The zero-order valence-electron chi connectivity index (χ0n) is 8.05. The highest BCUT2D eigenvalue weighted by atomic mass is 16.4. The first-order chi connectivity index (χ1) is 6.68. The molecule has 1 heterocycles. The molecule has 1 aromatic rings. The Morgan fingerprint density at radius 3 is 2.14 bits per heavy atom. The molecule has 0 aliphatic carbocycles. The van der Waals surface area contributed by atoms with Gasteiger partial charge in [-0.05, 0) is 18.6 Å². The van der Waals surface area contributed by atoms with E-state index in [0.717, 1.165) is 0 Å². The largest absolute Gasteiger partial charge is 0.477 e. The Kier molecular flexibility index (Phi) is 6.77. The number of aromatic nitrogens is 1. The van der Waals surface area contributed by atoms with Crippen molar-refractivity contribution >= 4 is 5.97 Å². The minimum absolute atomic E-state index is 0.0764. The fourth-order valence-electron chi connectivity index (χ4n) is 0.620. The number of hydrogen-bond acceptors (Lipinski definition) is 3. The smallest absolute Gasteiger partial charge is 0.351 e. The van der Waals surface area contributed by atoms with E-state index in [2.05, 4.69) is 4.98 Å². The molecule has 0 unspecified atom stereocenters. The number of nitrogens with two attached hydrogens (primary N) is 1. The molecule has 76 valence electrons. The fraction of sp³-hybridized carbons (Fsp3) is 0.200. The number of carboxylic acids is 1. The van der Waals surface area contributed by atoms with Crippen molar-refractivity contribution in [3.05, 3.63) is 42.4 Å². The maximum atomic E-state index is 9.90. The van der Waals surface area contributed by atoms with Gasteiger partial charge in [-0.25, -0.2) is 4.79 Å². The van der Waals surface area contributed by atoms with Crippen LogP contribution in [0.2, 0.25) is 0 Å². The standard InChI is InChI=1S/C5H9NO2.C5H5N/c1-2-3-4(6)5(7)8;1-2-4-6-5-3-1/h3H,2,6H2,1H3,(H,7,8);1-5H. The number of aliphatic carboxylic acids is 1. The monoisotopic (exact) mass is 194 g/mol. The van der Waals surface area contributed by atoms with Gasteiger partial charge in [0.15, 0.2) is 0 Å². The Morgan fingerprint density at radius 2 is 2.00 bits per heavy atom. The summed E-state index contributed by atoms with van der Waals surface area (Å²) in [6.45, 7) is 1.83. The van der Waals surface area contributed by atoms with Crippen LogP contribution in [0.25, 0.3) is 0 Å². The summed E-state index contributed by atoms with van der Waals surface area (Å²) < 4.78 is 0. The lowest BCUT2D eigenvalue weighted by atomic mass is 10.3. The van der Waals surface area contributed by atoms with Crippen molar-refractivity contribution < 1.29 is 9.90 Å². The molecule has 4 heteroatoms. The molecule has 0 fully saturated rings. The second-order valence-electron chi connectivity index (χ2n) is 2.40.